The molecule has 1 aromatic rings. The summed E-state index contributed by atoms with van der Waals surface area (Å²) in [6.07, 6.45) is 0. The van der Waals surface area contributed by atoms with Gasteiger partial charge in [0.2, 0.25) is 0 Å². The smallest absolute Gasteiger partial charge is 0.353 e. The number of methoxy groups -OCH3 is 1. The maximum absolute atomic E-state index is 11.5. The molecular weight excluding hydrogens is 376 g/mol. The van der Waals surface area contributed by atoms with Gasteiger partial charge in [-0.3, -0.25) is 0 Å². The van der Waals surface area contributed by atoms with Crippen LogP contribution in [0.5, 0.6) is 11.5 Å². The number of esters is 1. The number of nitriles is 1. The molecule has 0 spiro atoms. The molecule has 2 heterocycles. The fraction of sp³-hybridized carbons (Fsp3) is 0.154. The summed E-state index contributed by atoms with van der Waals surface area (Å²) in [4.78, 5) is 12.2. The predicted octanol–water partition coefficient (Wildman–Crippen LogP) is 1.85. The van der Waals surface area contributed by atoms with Crippen LogP contribution in [0.4, 0.5) is 0 Å². The number of fused-ring (bicyclic) bond motifs is 1. The van der Waals surface area contributed by atoms with Crippen LogP contribution in [0, 0.1) is 11.3 Å². The molecular formula is C13H8N2O6S3. The molecule has 11 heteroatoms. The van der Waals surface area contributed by atoms with E-state index < -0.39 is 16.0 Å². The molecule has 0 aliphatic carbocycles. The van der Waals surface area contributed by atoms with Crippen LogP contribution in [0.2, 0.25) is 0 Å². The molecule has 0 saturated carbocycles. The molecule has 0 N–H and O–H groups in total. The monoisotopic (exact) mass is 384 g/mol. The van der Waals surface area contributed by atoms with Crippen LogP contribution >= 0.6 is 23.5 Å². The summed E-state index contributed by atoms with van der Waals surface area (Å²) in [5.74, 6) is 0.0323. The molecule has 24 heavy (non-hydrogen) atoms. The topological polar surface area (TPSA) is 115 Å². The van der Waals surface area contributed by atoms with Crippen molar-refractivity contribution in [3.05, 3.63) is 28.9 Å². The van der Waals surface area contributed by atoms with Gasteiger partial charge >= 0.3 is 5.97 Å². The summed E-state index contributed by atoms with van der Waals surface area (Å²) >= 11 is 2.06. The lowest BCUT2D eigenvalue weighted by Gasteiger charge is -2.04. The van der Waals surface area contributed by atoms with Gasteiger partial charge in [-0.2, -0.15) is 5.26 Å². The maximum atomic E-state index is 11.5. The molecule has 0 fully saturated rings. The summed E-state index contributed by atoms with van der Waals surface area (Å²) < 4.78 is 41.4. The zero-order valence-corrected chi connectivity index (χ0v) is 14.5. The lowest BCUT2D eigenvalue weighted by molar-refractivity contribution is -0.135. The van der Waals surface area contributed by atoms with Gasteiger partial charge < -0.3 is 14.2 Å². The van der Waals surface area contributed by atoms with Crippen molar-refractivity contribution in [3.63, 3.8) is 0 Å². The fourth-order valence-electron chi connectivity index (χ4n) is 1.76. The molecule has 0 radical (unpaired) electrons. The molecule has 0 atom stereocenters. The van der Waals surface area contributed by atoms with Crippen LogP contribution in [0.3, 0.4) is 0 Å². The molecule has 2 aliphatic heterocycles. The highest BCUT2D eigenvalue weighted by Crippen LogP contribution is 2.46. The Morgan fingerprint density at radius 1 is 1.46 bits per heavy atom. The van der Waals surface area contributed by atoms with Crippen LogP contribution in [0.15, 0.2) is 38.2 Å². The van der Waals surface area contributed by atoms with Gasteiger partial charge in [0.1, 0.15) is 22.7 Å². The highest BCUT2D eigenvalue weighted by atomic mass is 32.3. The Kier molecular flexibility index (Phi) is 4.44. The Bertz CT molecular complexity index is 930. The third kappa shape index (κ3) is 3.35. The van der Waals surface area contributed by atoms with Gasteiger partial charge in [0.05, 0.1) is 12.0 Å². The Morgan fingerprint density at radius 3 is 2.88 bits per heavy atom. The molecule has 0 aromatic heterocycles. The van der Waals surface area contributed by atoms with Crippen molar-refractivity contribution in [3.8, 4) is 17.6 Å². The number of benzene rings is 1. The highest BCUT2D eigenvalue weighted by Gasteiger charge is 2.28. The first-order valence-electron chi connectivity index (χ1n) is 6.27. The largest absolute Gasteiger partial charge is 0.465 e. The number of hydrogen-bond donors (Lipinski definition) is 0. The van der Waals surface area contributed by atoms with Crippen molar-refractivity contribution < 1.29 is 27.4 Å². The van der Waals surface area contributed by atoms with Crippen molar-refractivity contribution >= 4 is 44.7 Å². The Hall–Kier alpha value is -2.16. The van der Waals surface area contributed by atoms with Gasteiger partial charge in [0, 0.05) is 0 Å². The molecule has 0 unspecified atom stereocenters. The number of nitrogens with zero attached hydrogens (tertiary/aromatic N) is 2. The van der Waals surface area contributed by atoms with Gasteiger partial charge in [0.25, 0.3) is 15.3 Å². The second-order valence-corrected chi connectivity index (χ2v) is 8.32. The second kappa shape index (κ2) is 6.39. The van der Waals surface area contributed by atoms with Crippen molar-refractivity contribution in [1.82, 2.24) is 0 Å². The van der Waals surface area contributed by atoms with Gasteiger partial charge in [-0.1, -0.05) is 0 Å². The molecule has 0 saturated heterocycles. The Balaban J connectivity index is 1.84. The summed E-state index contributed by atoms with van der Waals surface area (Å²) in [6.45, 7) is 0. The average Bonchev–Trinajstić information content (AvgIpc) is 3.10. The van der Waals surface area contributed by atoms with E-state index >= 15 is 0 Å². The Morgan fingerprint density at radius 2 is 2.25 bits per heavy atom. The molecule has 2 aliphatic rings. The van der Waals surface area contributed by atoms with E-state index in [-0.39, 0.29) is 21.0 Å². The number of carbonyl (C=O) groups is 1. The first-order chi connectivity index (χ1) is 11.4. The van der Waals surface area contributed by atoms with Gasteiger partial charge in [-0.15, -0.1) is 4.40 Å². The minimum absolute atomic E-state index is 0.0434. The standard InChI is InChI=1S/C13H8N2O6S3/c1-19-11(16)8(5-14)12-21-9-3-2-7(4-10(9)23-12)20-13-15-24(17,18)6-22-13/h2-4H,6H2,1H3. The van der Waals surface area contributed by atoms with Crippen molar-refractivity contribution in [2.45, 2.75) is 4.90 Å². The second-order valence-electron chi connectivity index (χ2n) is 4.38. The summed E-state index contributed by atoms with van der Waals surface area (Å²) in [6, 6.07) is 6.51. The normalized spacial score (nSPS) is 19.6. The van der Waals surface area contributed by atoms with Crippen molar-refractivity contribution in [1.29, 1.82) is 5.26 Å². The third-order valence-electron chi connectivity index (χ3n) is 2.78. The van der Waals surface area contributed by atoms with E-state index in [1.807, 2.05) is 0 Å². The van der Waals surface area contributed by atoms with E-state index in [1.165, 1.54) is 7.11 Å². The molecule has 3 rings (SSSR count). The van der Waals surface area contributed by atoms with E-state index in [4.69, 9.17) is 14.7 Å². The number of sulfonamides is 1. The third-order valence-corrected chi connectivity index (χ3v) is 6.43. The minimum Gasteiger partial charge on any atom is -0.465 e. The number of rotatable bonds is 2. The zero-order chi connectivity index (χ0) is 17.3. The first kappa shape index (κ1) is 16.7. The zero-order valence-electron chi connectivity index (χ0n) is 12.0. The minimum atomic E-state index is -3.46. The van der Waals surface area contributed by atoms with Gasteiger partial charge in [0.15, 0.2) is 10.7 Å². The van der Waals surface area contributed by atoms with E-state index in [9.17, 15) is 13.2 Å². The molecule has 8 nitrogen and oxygen atoms in total. The summed E-state index contributed by atoms with van der Waals surface area (Å²) in [5, 5.41) is 9.07. The van der Waals surface area contributed by atoms with Crippen LogP contribution in [-0.2, 0) is 19.6 Å². The van der Waals surface area contributed by atoms with Crippen LogP contribution < -0.4 is 9.47 Å². The van der Waals surface area contributed by atoms with Crippen molar-refractivity contribution in [2.24, 2.45) is 4.40 Å². The number of ether oxygens (including phenoxy) is 3. The quantitative estimate of drug-likeness (QED) is 0.428. The van der Waals surface area contributed by atoms with E-state index in [0.29, 0.717) is 16.4 Å². The Labute approximate surface area is 145 Å². The molecule has 1 aromatic carbocycles. The maximum Gasteiger partial charge on any atom is 0.353 e. The summed E-state index contributed by atoms with van der Waals surface area (Å²) in [5.41, 5.74) is -0.233. The van der Waals surface area contributed by atoms with Gasteiger partial charge in [-0.05, 0) is 41.7 Å². The fourth-order valence-corrected chi connectivity index (χ4v) is 4.88. The summed E-state index contributed by atoms with van der Waals surface area (Å²) in [7, 11) is -2.29. The lowest BCUT2D eigenvalue weighted by atomic mass is 10.3. The number of carbonyl (C=O) groups excluding carboxylic acids is 1. The molecule has 0 amide bonds. The van der Waals surface area contributed by atoms with E-state index in [2.05, 4.69) is 9.13 Å². The van der Waals surface area contributed by atoms with Gasteiger partial charge in [-0.25, -0.2) is 13.2 Å². The number of thioether (sulfide) groups is 2. The molecule has 0 bridgehead atoms. The molecule has 124 valence electrons. The average molecular weight is 384 g/mol. The predicted molar refractivity (Wildman–Crippen MR) is 87.0 cm³/mol. The number of hydrogen-bond acceptors (Lipinski definition) is 9. The SMILES string of the molecule is COC(=O)C(C#N)=C1Oc2ccc(OC3=NS(=O)(=O)CS3)cc2S1. The van der Waals surface area contributed by atoms with Crippen LogP contribution in [0.25, 0.3) is 0 Å². The lowest BCUT2D eigenvalue weighted by Crippen LogP contribution is -2.06. The highest BCUT2D eigenvalue weighted by molar-refractivity contribution is 8.24. The first-order valence-corrected chi connectivity index (χ1v) is 9.69. The van der Waals surface area contributed by atoms with E-state index in [1.54, 1.807) is 24.3 Å². The van der Waals surface area contributed by atoms with E-state index in [0.717, 1.165) is 23.5 Å². The van der Waals surface area contributed by atoms with Crippen LogP contribution in [0.1, 0.15) is 0 Å². The van der Waals surface area contributed by atoms with Crippen molar-refractivity contribution in [2.75, 3.05) is 12.2 Å². The van der Waals surface area contributed by atoms with Crippen LogP contribution in [-0.4, -0.2) is 31.8 Å².